The molecule has 8 heavy (non-hydrogen) atoms. The van der Waals surface area contributed by atoms with Crippen LogP contribution in [0, 0.1) is 12.8 Å². The molecule has 0 heterocycles. The van der Waals surface area contributed by atoms with Crippen LogP contribution in [0.5, 0.6) is 0 Å². The van der Waals surface area contributed by atoms with Crippen LogP contribution < -0.4 is 0 Å². The number of rotatable bonds is 3. The Morgan fingerprint density at radius 1 is 1.38 bits per heavy atom. The van der Waals surface area contributed by atoms with Crippen molar-refractivity contribution in [1.29, 1.82) is 0 Å². The van der Waals surface area contributed by atoms with E-state index >= 15 is 0 Å². The molecule has 1 radical (unpaired) electrons. The largest absolute Gasteiger partial charge is 0.316 e. The summed E-state index contributed by atoms with van der Waals surface area (Å²) in [4.78, 5) is 0. The van der Waals surface area contributed by atoms with Gasteiger partial charge in [-0.25, -0.2) is 0 Å². The summed E-state index contributed by atoms with van der Waals surface area (Å²) < 4.78 is 0. The third-order valence-corrected chi connectivity index (χ3v) is 1.03. The van der Waals surface area contributed by atoms with Gasteiger partial charge in [-0.2, -0.15) is 0 Å². The summed E-state index contributed by atoms with van der Waals surface area (Å²) in [7, 11) is 0. The Morgan fingerprint density at radius 3 is 2.00 bits per heavy atom. The predicted octanol–water partition coefficient (Wildman–Crippen LogP) is 1.73. The van der Waals surface area contributed by atoms with Crippen LogP contribution in [0.1, 0.15) is 33.1 Å². The molecule has 0 aromatic heterocycles. The van der Waals surface area contributed by atoms with Crippen LogP contribution in [-0.4, -0.2) is 23.1 Å². The Morgan fingerprint density at radius 2 is 1.88 bits per heavy atom. The van der Waals surface area contributed by atoms with E-state index < -0.39 is 0 Å². The molecule has 0 atom stereocenters. The lowest BCUT2D eigenvalue weighted by atomic mass is 10.1. The molecule has 0 aliphatic carbocycles. The van der Waals surface area contributed by atoms with E-state index in [1.165, 1.54) is 12.8 Å². The molecule has 0 spiro atoms. The second-order valence-corrected chi connectivity index (χ2v) is 2.39. The molecule has 1 heteroatoms. The summed E-state index contributed by atoms with van der Waals surface area (Å²) in [6, 6.07) is 0. The topological polar surface area (TPSA) is 0 Å². The van der Waals surface area contributed by atoms with Crippen LogP contribution >= 0.6 is 0 Å². The van der Waals surface area contributed by atoms with E-state index in [1.54, 1.807) is 0 Å². The Bertz CT molecular complexity index is 33.4. The highest BCUT2D eigenvalue weighted by Crippen LogP contribution is 2.04. The third kappa shape index (κ3) is 9.90. The lowest BCUT2D eigenvalue weighted by molar-refractivity contribution is 0.559. The highest BCUT2D eigenvalue weighted by Gasteiger charge is 1.88. The normalized spacial score (nSPS) is 9.00. The maximum absolute atomic E-state index is 3.76. The fourth-order valence-corrected chi connectivity index (χ4v) is 0.553. The molecule has 0 saturated carbocycles. The first kappa shape index (κ1) is 11.5. The average Bonchev–Trinajstić information content (AvgIpc) is 1.61. The summed E-state index contributed by atoms with van der Waals surface area (Å²) in [5.74, 6) is 0.863. The number of hydrogen-bond acceptors (Lipinski definition) is 0. The second kappa shape index (κ2) is 7.77. The van der Waals surface area contributed by atoms with E-state index in [-0.39, 0.29) is 23.1 Å². The maximum Gasteiger partial charge on any atom is 0.316 e. The van der Waals surface area contributed by atoms with Gasteiger partial charge in [-0.15, -0.1) is 0 Å². The first-order valence-electron chi connectivity index (χ1n) is 3.06. The fourth-order valence-electron chi connectivity index (χ4n) is 0.553. The highest BCUT2D eigenvalue weighted by molar-refractivity contribution is 5.75. The van der Waals surface area contributed by atoms with Crippen molar-refractivity contribution in [3.63, 3.8) is 0 Å². The van der Waals surface area contributed by atoms with Gasteiger partial charge in [0.1, 0.15) is 0 Å². The lowest BCUT2D eigenvalue weighted by Crippen LogP contribution is -1.84. The van der Waals surface area contributed by atoms with Gasteiger partial charge in [-0.1, -0.05) is 40.0 Å². The van der Waals surface area contributed by atoms with E-state index in [2.05, 4.69) is 20.8 Å². The van der Waals surface area contributed by atoms with Crippen molar-refractivity contribution < 1.29 is 0 Å². The zero-order chi connectivity index (χ0) is 5.70. The van der Waals surface area contributed by atoms with E-state index in [0.717, 1.165) is 12.3 Å². The van der Waals surface area contributed by atoms with E-state index in [4.69, 9.17) is 0 Å². The van der Waals surface area contributed by atoms with E-state index in [9.17, 15) is 0 Å². The molecule has 0 aromatic rings. The Balaban J connectivity index is 0. The van der Waals surface area contributed by atoms with Gasteiger partial charge in [-0.05, 0) is 5.92 Å². The minimum atomic E-state index is 0. The van der Waals surface area contributed by atoms with Gasteiger partial charge >= 0.3 is 23.1 Å². The molecular formula is C7H17Mg. The quantitative estimate of drug-likeness (QED) is 0.504. The van der Waals surface area contributed by atoms with Crippen molar-refractivity contribution in [2.24, 2.45) is 5.92 Å². The molecular weight excluding hydrogens is 108 g/mol. The van der Waals surface area contributed by atoms with Gasteiger partial charge in [0.2, 0.25) is 0 Å². The summed E-state index contributed by atoms with van der Waals surface area (Å²) in [5, 5.41) is 0. The molecule has 0 aliphatic heterocycles. The number of hydrogen-bond donors (Lipinski definition) is 0. The van der Waals surface area contributed by atoms with Gasteiger partial charge in [0.25, 0.3) is 0 Å². The Kier molecular flexibility index (Phi) is 11.2. The van der Waals surface area contributed by atoms with Crippen LogP contribution in [0.25, 0.3) is 0 Å². The summed E-state index contributed by atoms with van der Waals surface area (Å²) in [6.45, 7) is 8.25. The number of unbranched alkanes of at least 4 members (excludes halogenated alkanes) is 1. The van der Waals surface area contributed by atoms with Crippen molar-refractivity contribution in [3.05, 3.63) is 6.92 Å². The van der Waals surface area contributed by atoms with Gasteiger partial charge in [0, 0.05) is 0 Å². The molecule has 0 amide bonds. The van der Waals surface area contributed by atoms with Crippen molar-refractivity contribution in [1.82, 2.24) is 0 Å². The molecule has 0 fully saturated rings. The molecule has 0 N–H and O–H groups in total. The minimum absolute atomic E-state index is 0. The average molecular weight is 126 g/mol. The molecule has 0 aromatic carbocycles. The summed E-state index contributed by atoms with van der Waals surface area (Å²) in [5.41, 5.74) is 0. The Hall–Kier alpha value is 0.766. The van der Waals surface area contributed by atoms with Crippen LogP contribution in [-0.2, 0) is 0 Å². The van der Waals surface area contributed by atoms with E-state index in [0.29, 0.717) is 0 Å². The lowest BCUT2D eigenvalue weighted by Gasteiger charge is -1.98. The maximum atomic E-state index is 3.76. The van der Waals surface area contributed by atoms with Crippen LogP contribution in [0.2, 0.25) is 0 Å². The van der Waals surface area contributed by atoms with Crippen molar-refractivity contribution in [3.8, 4) is 0 Å². The van der Waals surface area contributed by atoms with Gasteiger partial charge < -0.3 is 0 Å². The van der Waals surface area contributed by atoms with Crippen molar-refractivity contribution in [2.75, 3.05) is 0 Å². The van der Waals surface area contributed by atoms with Crippen LogP contribution in [0.3, 0.4) is 0 Å². The standard InChI is InChI=1S/C7H15.Mg.2H/c1-4-5-6-7(2)3;;;/h7H,1,4-6H2,2-3H3;;;. The predicted molar refractivity (Wildman–Crippen MR) is 42.6 cm³/mol. The zero-order valence-corrected chi connectivity index (χ0v) is 5.41. The zero-order valence-electron chi connectivity index (χ0n) is 5.41. The second-order valence-electron chi connectivity index (χ2n) is 2.39. The van der Waals surface area contributed by atoms with E-state index in [1.807, 2.05) is 0 Å². The fraction of sp³-hybridized carbons (Fsp3) is 0.857. The molecule has 0 aliphatic rings. The van der Waals surface area contributed by atoms with Gasteiger partial charge in [0.05, 0.1) is 0 Å². The summed E-state index contributed by atoms with van der Waals surface area (Å²) >= 11 is 0. The first-order valence-corrected chi connectivity index (χ1v) is 3.06. The van der Waals surface area contributed by atoms with Crippen LogP contribution in [0.15, 0.2) is 0 Å². The van der Waals surface area contributed by atoms with Crippen molar-refractivity contribution >= 4 is 23.1 Å². The van der Waals surface area contributed by atoms with Gasteiger partial charge in [0.15, 0.2) is 0 Å². The highest BCUT2D eigenvalue weighted by atomic mass is 24.3. The van der Waals surface area contributed by atoms with Crippen molar-refractivity contribution in [2.45, 2.75) is 33.1 Å². The van der Waals surface area contributed by atoms with Gasteiger partial charge in [-0.3, -0.25) is 0 Å². The third-order valence-electron chi connectivity index (χ3n) is 1.03. The monoisotopic (exact) mass is 125 g/mol. The SMILES string of the molecule is [CH2]CCCC(C)C.[MgH2]. The summed E-state index contributed by atoms with van der Waals surface area (Å²) in [6.07, 6.45) is 3.72. The molecule has 0 unspecified atom stereocenters. The smallest absolute Gasteiger partial charge is 0.0628 e. The molecule has 47 valence electrons. The first-order chi connectivity index (χ1) is 3.27. The molecule has 0 rings (SSSR count). The molecule has 0 nitrogen and oxygen atoms in total. The minimum Gasteiger partial charge on any atom is -0.0628 e. The van der Waals surface area contributed by atoms with Crippen LogP contribution in [0.4, 0.5) is 0 Å². The Labute approximate surface area is 69.2 Å². The molecule has 0 bridgehead atoms. The molecule has 0 saturated heterocycles.